The van der Waals surface area contributed by atoms with Crippen molar-refractivity contribution in [1.82, 2.24) is 0 Å². The van der Waals surface area contributed by atoms with Gasteiger partial charge in [-0.3, -0.25) is 4.79 Å². The first-order valence-corrected chi connectivity index (χ1v) is 5.98. The molecule has 0 heterocycles. The number of aldehydes is 1. The monoisotopic (exact) mass is 329 g/mol. The second-order valence-electron chi connectivity index (χ2n) is 3.67. The van der Waals surface area contributed by atoms with Crippen LogP contribution in [0.5, 0.6) is 0 Å². The average Bonchev–Trinajstić information content (AvgIpc) is 2.41. The van der Waals surface area contributed by atoms with Crippen LogP contribution >= 0.6 is 15.9 Å². The van der Waals surface area contributed by atoms with E-state index in [2.05, 4.69) is 21.2 Å². The fourth-order valence-electron chi connectivity index (χ4n) is 1.53. The zero-order valence-corrected chi connectivity index (χ0v) is 11.0. The van der Waals surface area contributed by atoms with E-state index in [0.717, 1.165) is 12.1 Å². The first kappa shape index (κ1) is 13.6. The molecule has 0 aliphatic carbocycles. The molecule has 2 rings (SSSR count). The van der Waals surface area contributed by atoms with Crippen LogP contribution in [0.3, 0.4) is 0 Å². The van der Waals surface area contributed by atoms with Crippen molar-refractivity contribution < 1.29 is 18.0 Å². The predicted octanol–water partition coefficient (Wildman–Crippen LogP) is 4.42. The third-order valence-electron chi connectivity index (χ3n) is 2.45. The highest BCUT2D eigenvalue weighted by atomic mass is 79.9. The van der Waals surface area contributed by atoms with Gasteiger partial charge in [-0.2, -0.15) is 0 Å². The molecule has 0 atom stereocenters. The maximum Gasteiger partial charge on any atom is 0.184 e. The smallest absolute Gasteiger partial charge is 0.184 e. The number of benzene rings is 2. The number of anilines is 2. The first-order valence-electron chi connectivity index (χ1n) is 5.19. The van der Waals surface area contributed by atoms with E-state index in [9.17, 15) is 18.0 Å². The van der Waals surface area contributed by atoms with Gasteiger partial charge < -0.3 is 5.32 Å². The molecule has 2 aromatic rings. The fourth-order valence-corrected chi connectivity index (χ4v) is 1.95. The Kier molecular flexibility index (Phi) is 3.90. The third-order valence-corrected chi connectivity index (χ3v) is 3.03. The molecule has 98 valence electrons. The van der Waals surface area contributed by atoms with Gasteiger partial charge in [0.25, 0.3) is 0 Å². The van der Waals surface area contributed by atoms with Crippen molar-refractivity contribution in [3.05, 3.63) is 57.8 Å². The summed E-state index contributed by atoms with van der Waals surface area (Å²) in [5.41, 5.74) is -0.568. The number of halogens is 4. The van der Waals surface area contributed by atoms with Crippen molar-refractivity contribution in [3.63, 3.8) is 0 Å². The Labute approximate surface area is 115 Å². The van der Waals surface area contributed by atoms with Gasteiger partial charge in [0, 0.05) is 5.56 Å². The van der Waals surface area contributed by atoms with Crippen molar-refractivity contribution in [3.8, 4) is 0 Å². The number of carbonyl (C=O) groups is 1. The van der Waals surface area contributed by atoms with E-state index in [1.807, 2.05) is 0 Å². The lowest BCUT2D eigenvalue weighted by atomic mass is 10.1. The number of para-hydroxylation sites is 1. The summed E-state index contributed by atoms with van der Waals surface area (Å²) < 4.78 is 40.5. The molecule has 0 unspecified atom stereocenters. The van der Waals surface area contributed by atoms with Gasteiger partial charge in [-0.15, -0.1) is 0 Å². The van der Waals surface area contributed by atoms with Gasteiger partial charge in [0.1, 0.15) is 5.82 Å². The van der Waals surface area contributed by atoms with Crippen LogP contribution in [-0.2, 0) is 0 Å². The summed E-state index contributed by atoms with van der Waals surface area (Å²) in [6.45, 7) is 0. The van der Waals surface area contributed by atoms with Gasteiger partial charge >= 0.3 is 0 Å². The summed E-state index contributed by atoms with van der Waals surface area (Å²) in [5, 5.41) is 2.39. The summed E-state index contributed by atoms with van der Waals surface area (Å²) in [4.78, 5) is 10.9. The van der Waals surface area contributed by atoms with Gasteiger partial charge in [-0.05, 0) is 34.1 Å². The van der Waals surface area contributed by atoms with E-state index < -0.39 is 23.1 Å². The SMILES string of the molecule is O=Cc1cc(Br)c(F)c(F)c1Nc1ccccc1F. The average molecular weight is 330 g/mol. The third kappa shape index (κ3) is 2.63. The van der Waals surface area contributed by atoms with Crippen LogP contribution in [0.4, 0.5) is 24.5 Å². The molecule has 2 nitrogen and oxygen atoms in total. The molecule has 0 saturated heterocycles. The Bertz CT molecular complexity index is 646. The molecule has 2 aromatic carbocycles. The highest BCUT2D eigenvalue weighted by Gasteiger charge is 2.18. The number of hydrogen-bond donors (Lipinski definition) is 1. The van der Waals surface area contributed by atoms with Crippen molar-refractivity contribution >= 4 is 33.6 Å². The maximum atomic E-state index is 13.8. The van der Waals surface area contributed by atoms with Gasteiger partial charge in [0.15, 0.2) is 17.9 Å². The summed E-state index contributed by atoms with van der Waals surface area (Å²) >= 11 is 2.80. The lowest BCUT2D eigenvalue weighted by Gasteiger charge is -2.12. The van der Waals surface area contributed by atoms with Crippen LogP contribution in [0.25, 0.3) is 0 Å². The highest BCUT2D eigenvalue weighted by molar-refractivity contribution is 9.10. The number of carbonyl (C=O) groups excluding carboxylic acids is 1. The highest BCUT2D eigenvalue weighted by Crippen LogP contribution is 2.30. The number of rotatable bonds is 3. The largest absolute Gasteiger partial charge is 0.350 e. The predicted molar refractivity (Wildman–Crippen MR) is 69.1 cm³/mol. The van der Waals surface area contributed by atoms with Crippen LogP contribution in [0.15, 0.2) is 34.8 Å². The van der Waals surface area contributed by atoms with E-state index in [1.165, 1.54) is 18.2 Å². The Morgan fingerprint density at radius 1 is 1.11 bits per heavy atom. The van der Waals surface area contributed by atoms with Crippen LogP contribution in [0, 0.1) is 17.5 Å². The molecule has 1 N–H and O–H groups in total. The van der Waals surface area contributed by atoms with Crippen molar-refractivity contribution in [2.75, 3.05) is 5.32 Å². The van der Waals surface area contributed by atoms with Crippen molar-refractivity contribution in [1.29, 1.82) is 0 Å². The Hall–Kier alpha value is -1.82. The maximum absolute atomic E-state index is 13.8. The summed E-state index contributed by atoms with van der Waals surface area (Å²) in [6.07, 6.45) is 0.358. The molecule has 0 aromatic heterocycles. The summed E-state index contributed by atoms with van der Waals surface area (Å²) in [6, 6.07) is 6.62. The van der Waals surface area contributed by atoms with E-state index in [0.29, 0.717) is 6.29 Å². The lowest BCUT2D eigenvalue weighted by molar-refractivity contribution is 0.112. The topological polar surface area (TPSA) is 29.1 Å². The van der Waals surface area contributed by atoms with Gasteiger partial charge in [0.2, 0.25) is 0 Å². The first-order chi connectivity index (χ1) is 9.04. The minimum absolute atomic E-state index is 0.0498. The molecule has 0 aliphatic rings. The van der Waals surface area contributed by atoms with Crippen LogP contribution in [0.1, 0.15) is 10.4 Å². The molecule has 0 bridgehead atoms. The molecule has 0 spiro atoms. The molecule has 19 heavy (non-hydrogen) atoms. The molecular formula is C13H7BrF3NO. The zero-order valence-electron chi connectivity index (χ0n) is 9.38. The van der Waals surface area contributed by atoms with Gasteiger partial charge in [0.05, 0.1) is 15.8 Å². The molecule has 0 aliphatic heterocycles. The van der Waals surface area contributed by atoms with Gasteiger partial charge in [-0.1, -0.05) is 12.1 Å². The Morgan fingerprint density at radius 2 is 1.79 bits per heavy atom. The molecule has 0 saturated carbocycles. The van der Waals surface area contributed by atoms with Crippen molar-refractivity contribution in [2.24, 2.45) is 0 Å². The fraction of sp³-hybridized carbons (Fsp3) is 0. The normalized spacial score (nSPS) is 10.3. The number of hydrogen-bond acceptors (Lipinski definition) is 2. The zero-order chi connectivity index (χ0) is 14.0. The molecule has 6 heteroatoms. The van der Waals surface area contributed by atoms with Gasteiger partial charge in [-0.25, -0.2) is 13.2 Å². The minimum Gasteiger partial charge on any atom is -0.350 e. The summed E-state index contributed by atoms with van der Waals surface area (Å²) in [5.74, 6) is -3.04. The summed E-state index contributed by atoms with van der Waals surface area (Å²) in [7, 11) is 0. The molecule has 0 fully saturated rings. The van der Waals surface area contributed by atoms with Crippen LogP contribution < -0.4 is 5.32 Å². The molecule has 0 radical (unpaired) electrons. The van der Waals surface area contributed by atoms with Crippen LogP contribution in [0.2, 0.25) is 0 Å². The number of nitrogens with one attached hydrogen (secondary N) is 1. The molecular weight excluding hydrogens is 323 g/mol. The van der Waals surface area contributed by atoms with E-state index in [4.69, 9.17) is 0 Å². The Balaban J connectivity index is 2.54. The standard InChI is InChI=1S/C13H7BrF3NO/c14-8-5-7(6-19)13(12(17)11(8)16)18-10-4-2-1-3-9(10)15/h1-6,18H. The lowest BCUT2D eigenvalue weighted by Crippen LogP contribution is -2.03. The van der Waals surface area contributed by atoms with E-state index in [-0.39, 0.29) is 15.7 Å². The minimum atomic E-state index is -1.25. The molecule has 0 amide bonds. The van der Waals surface area contributed by atoms with Crippen LogP contribution in [-0.4, -0.2) is 6.29 Å². The van der Waals surface area contributed by atoms with Crippen molar-refractivity contribution in [2.45, 2.75) is 0 Å². The second kappa shape index (κ2) is 5.44. The van der Waals surface area contributed by atoms with E-state index >= 15 is 0 Å². The second-order valence-corrected chi connectivity index (χ2v) is 4.53. The van der Waals surface area contributed by atoms with E-state index in [1.54, 1.807) is 0 Å². The quantitative estimate of drug-likeness (QED) is 0.667. The Morgan fingerprint density at radius 3 is 2.42 bits per heavy atom.